The molecule has 0 spiro atoms. The summed E-state index contributed by atoms with van der Waals surface area (Å²) >= 11 is 0. The zero-order valence-electron chi connectivity index (χ0n) is 10.6. The quantitative estimate of drug-likeness (QED) is 0.898. The standard InChI is InChI=1S/C13H16N2O3/c1-8(2)14-12(16)9(3)15-10-6-4-5-7-11(10)18-13(15)17/h4-9H,1-3H3,(H,14,16). The number of fused-ring (bicyclic) bond motifs is 1. The lowest BCUT2D eigenvalue weighted by atomic mass is 10.2. The molecule has 0 saturated carbocycles. The second-order valence-electron chi connectivity index (χ2n) is 4.54. The lowest BCUT2D eigenvalue weighted by Gasteiger charge is -2.15. The van der Waals surface area contributed by atoms with Gasteiger partial charge in [-0.05, 0) is 32.9 Å². The minimum absolute atomic E-state index is 0.0359. The van der Waals surface area contributed by atoms with E-state index in [1.807, 2.05) is 13.8 Å². The highest BCUT2D eigenvalue weighted by molar-refractivity contribution is 5.83. The summed E-state index contributed by atoms with van der Waals surface area (Å²) in [6, 6.07) is 6.51. The summed E-state index contributed by atoms with van der Waals surface area (Å²) in [7, 11) is 0. The third-order valence-electron chi connectivity index (χ3n) is 2.72. The number of para-hydroxylation sites is 2. The van der Waals surface area contributed by atoms with Gasteiger partial charge in [-0.3, -0.25) is 9.36 Å². The molecule has 1 N–H and O–H groups in total. The van der Waals surface area contributed by atoms with E-state index in [2.05, 4.69) is 5.32 Å². The van der Waals surface area contributed by atoms with Gasteiger partial charge in [-0.15, -0.1) is 0 Å². The van der Waals surface area contributed by atoms with Crippen molar-refractivity contribution in [2.24, 2.45) is 0 Å². The first-order valence-electron chi connectivity index (χ1n) is 5.91. The number of aromatic nitrogens is 1. The van der Waals surface area contributed by atoms with Crippen molar-refractivity contribution < 1.29 is 9.21 Å². The van der Waals surface area contributed by atoms with Gasteiger partial charge in [0.25, 0.3) is 0 Å². The van der Waals surface area contributed by atoms with Gasteiger partial charge < -0.3 is 9.73 Å². The number of benzene rings is 1. The maximum absolute atomic E-state index is 11.9. The molecule has 0 radical (unpaired) electrons. The van der Waals surface area contributed by atoms with Crippen LogP contribution in [-0.4, -0.2) is 16.5 Å². The van der Waals surface area contributed by atoms with Crippen molar-refractivity contribution >= 4 is 17.0 Å². The molecule has 0 aliphatic carbocycles. The minimum Gasteiger partial charge on any atom is -0.408 e. The summed E-state index contributed by atoms with van der Waals surface area (Å²) < 4.78 is 6.47. The molecule has 0 aliphatic heterocycles. The van der Waals surface area contributed by atoms with Crippen LogP contribution < -0.4 is 11.1 Å². The molecule has 2 aromatic rings. The Morgan fingerprint density at radius 2 is 1.94 bits per heavy atom. The molecule has 1 heterocycles. The monoisotopic (exact) mass is 248 g/mol. The molecule has 1 amide bonds. The fourth-order valence-corrected chi connectivity index (χ4v) is 1.87. The molecule has 0 fully saturated rings. The van der Waals surface area contributed by atoms with Crippen LogP contribution in [0.15, 0.2) is 33.5 Å². The highest BCUT2D eigenvalue weighted by Gasteiger charge is 2.21. The van der Waals surface area contributed by atoms with Crippen molar-refractivity contribution in [2.45, 2.75) is 32.9 Å². The van der Waals surface area contributed by atoms with Gasteiger partial charge in [0.15, 0.2) is 5.58 Å². The number of nitrogens with one attached hydrogen (secondary N) is 1. The van der Waals surface area contributed by atoms with Gasteiger partial charge in [0.1, 0.15) is 6.04 Å². The first-order valence-corrected chi connectivity index (χ1v) is 5.91. The van der Waals surface area contributed by atoms with Crippen molar-refractivity contribution in [2.75, 3.05) is 0 Å². The lowest BCUT2D eigenvalue weighted by molar-refractivity contribution is -0.124. The average molecular weight is 248 g/mol. The highest BCUT2D eigenvalue weighted by atomic mass is 16.4. The summed E-state index contributed by atoms with van der Waals surface area (Å²) in [5.41, 5.74) is 1.13. The Morgan fingerprint density at radius 3 is 2.61 bits per heavy atom. The van der Waals surface area contributed by atoms with Crippen molar-refractivity contribution in [3.05, 3.63) is 34.8 Å². The minimum atomic E-state index is -0.594. The molecule has 18 heavy (non-hydrogen) atoms. The Kier molecular flexibility index (Phi) is 3.23. The number of amides is 1. The van der Waals surface area contributed by atoms with Gasteiger partial charge in [-0.1, -0.05) is 12.1 Å². The SMILES string of the molecule is CC(C)NC(=O)C(C)n1c(=O)oc2ccccc21. The van der Waals surface area contributed by atoms with Gasteiger partial charge in [0.2, 0.25) is 5.91 Å². The number of nitrogens with zero attached hydrogens (tertiary/aromatic N) is 1. The molecule has 0 saturated heterocycles. The summed E-state index contributed by atoms with van der Waals surface area (Å²) in [5.74, 6) is -0.707. The number of oxazole rings is 1. The predicted octanol–water partition coefficient (Wildman–Crippen LogP) is 1.68. The summed E-state index contributed by atoms with van der Waals surface area (Å²) in [4.78, 5) is 23.7. The Labute approximate surface area is 104 Å². The van der Waals surface area contributed by atoms with Gasteiger partial charge in [-0.25, -0.2) is 4.79 Å². The van der Waals surface area contributed by atoms with E-state index in [4.69, 9.17) is 4.42 Å². The fraction of sp³-hybridized carbons (Fsp3) is 0.385. The second-order valence-corrected chi connectivity index (χ2v) is 4.54. The van der Waals surface area contributed by atoms with E-state index in [1.54, 1.807) is 31.2 Å². The number of hydrogen-bond acceptors (Lipinski definition) is 3. The number of hydrogen-bond donors (Lipinski definition) is 1. The topological polar surface area (TPSA) is 64.2 Å². The number of carbonyl (C=O) groups is 1. The van der Waals surface area contributed by atoms with E-state index in [0.29, 0.717) is 11.1 Å². The maximum atomic E-state index is 11.9. The van der Waals surface area contributed by atoms with Crippen LogP contribution in [0.5, 0.6) is 0 Å². The van der Waals surface area contributed by atoms with Crippen LogP contribution in [0.4, 0.5) is 0 Å². The van der Waals surface area contributed by atoms with E-state index < -0.39 is 11.8 Å². The molecule has 2 rings (SSSR count). The molecular formula is C13H16N2O3. The zero-order chi connectivity index (χ0) is 13.3. The van der Waals surface area contributed by atoms with Crippen LogP contribution in [-0.2, 0) is 4.79 Å². The van der Waals surface area contributed by atoms with Crippen molar-refractivity contribution in [3.8, 4) is 0 Å². The highest BCUT2D eigenvalue weighted by Crippen LogP contribution is 2.16. The Hall–Kier alpha value is -2.04. The van der Waals surface area contributed by atoms with Crippen LogP contribution >= 0.6 is 0 Å². The van der Waals surface area contributed by atoms with Crippen molar-refractivity contribution in [3.63, 3.8) is 0 Å². The van der Waals surface area contributed by atoms with Crippen molar-refractivity contribution in [1.29, 1.82) is 0 Å². The smallest absolute Gasteiger partial charge is 0.408 e. The van der Waals surface area contributed by atoms with Gasteiger partial charge in [0.05, 0.1) is 5.52 Å². The predicted molar refractivity (Wildman–Crippen MR) is 68.5 cm³/mol. The van der Waals surface area contributed by atoms with Crippen LogP contribution in [0.1, 0.15) is 26.8 Å². The molecule has 5 nitrogen and oxygen atoms in total. The van der Waals surface area contributed by atoms with E-state index in [1.165, 1.54) is 4.57 Å². The van der Waals surface area contributed by atoms with E-state index >= 15 is 0 Å². The first-order chi connectivity index (χ1) is 8.50. The van der Waals surface area contributed by atoms with E-state index in [-0.39, 0.29) is 11.9 Å². The third-order valence-corrected chi connectivity index (χ3v) is 2.72. The number of rotatable bonds is 3. The van der Waals surface area contributed by atoms with E-state index in [0.717, 1.165) is 0 Å². The molecular weight excluding hydrogens is 232 g/mol. The molecule has 1 unspecified atom stereocenters. The lowest BCUT2D eigenvalue weighted by Crippen LogP contribution is -2.37. The van der Waals surface area contributed by atoms with Crippen LogP contribution in [0, 0.1) is 0 Å². The van der Waals surface area contributed by atoms with E-state index in [9.17, 15) is 9.59 Å². The Morgan fingerprint density at radius 1 is 1.28 bits per heavy atom. The van der Waals surface area contributed by atoms with Gasteiger partial charge in [0, 0.05) is 6.04 Å². The Balaban J connectivity index is 2.44. The molecule has 1 aromatic heterocycles. The van der Waals surface area contributed by atoms with Crippen molar-refractivity contribution in [1.82, 2.24) is 9.88 Å². The second kappa shape index (κ2) is 4.68. The Bertz CT molecular complexity index is 624. The fourth-order valence-electron chi connectivity index (χ4n) is 1.87. The molecule has 96 valence electrons. The summed E-state index contributed by atoms with van der Waals surface area (Å²) in [6.45, 7) is 5.43. The van der Waals surface area contributed by atoms with Gasteiger partial charge >= 0.3 is 5.76 Å². The molecule has 0 aliphatic rings. The zero-order valence-corrected chi connectivity index (χ0v) is 10.6. The van der Waals surface area contributed by atoms with Crippen LogP contribution in [0.3, 0.4) is 0 Å². The third kappa shape index (κ3) is 2.16. The average Bonchev–Trinajstić information content (AvgIpc) is 2.63. The normalized spacial score (nSPS) is 12.9. The molecule has 5 heteroatoms. The first kappa shape index (κ1) is 12.4. The maximum Gasteiger partial charge on any atom is 0.420 e. The number of carbonyl (C=O) groups excluding carboxylic acids is 1. The molecule has 1 aromatic carbocycles. The van der Waals surface area contributed by atoms with Crippen LogP contribution in [0.2, 0.25) is 0 Å². The summed E-state index contributed by atoms with van der Waals surface area (Å²) in [5, 5.41) is 2.78. The largest absolute Gasteiger partial charge is 0.420 e. The van der Waals surface area contributed by atoms with Crippen LogP contribution in [0.25, 0.3) is 11.1 Å². The summed E-state index contributed by atoms with van der Waals surface area (Å²) in [6.07, 6.45) is 0. The van der Waals surface area contributed by atoms with Gasteiger partial charge in [-0.2, -0.15) is 0 Å². The molecule has 0 bridgehead atoms. The molecule has 1 atom stereocenters.